The van der Waals surface area contributed by atoms with Crippen molar-refractivity contribution >= 4 is 5.82 Å². The van der Waals surface area contributed by atoms with Crippen molar-refractivity contribution in [2.45, 2.75) is 38.8 Å². The average molecular weight is 246 g/mol. The fraction of sp³-hybridized carbons (Fsp3) is 0.571. The number of nitrogens with zero attached hydrogens (tertiary/aromatic N) is 3. The minimum atomic E-state index is 0.640. The van der Waals surface area contributed by atoms with E-state index in [1.165, 1.54) is 12.8 Å². The molecule has 1 N–H and O–H groups in total. The van der Waals surface area contributed by atoms with Crippen LogP contribution < -0.4 is 10.2 Å². The van der Waals surface area contributed by atoms with Gasteiger partial charge in [0.25, 0.3) is 0 Å². The van der Waals surface area contributed by atoms with E-state index in [9.17, 15) is 0 Å². The summed E-state index contributed by atoms with van der Waals surface area (Å²) < 4.78 is 0. The molecule has 1 heterocycles. The molecule has 1 saturated carbocycles. The second-order valence-corrected chi connectivity index (χ2v) is 4.71. The molecule has 4 nitrogen and oxygen atoms in total. The normalized spacial score (nSPS) is 14.5. The molecule has 0 unspecified atom stereocenters. The zero-order valence-electron chi connectivity index (χ0n) is 11.1. The lowest BCUT2D eigenvalue weighted by Gasteiger charge is -2.21. The molecule has 0 bridgehead atoms. The van der Waals surface area contributed by atoms with Crippen LogP contribution in [-0.4, -0.2) is 29.1 Å². The van der Waals surface area contributed by atoms with Gasteiger partial charge in [0.15, 0.2) is 0 Å². The van der Waals surface area contributed by atoms with Crippen molar-refractivity contribution in [1.29, 1.82) is 0 Å². The molecule has 4 heteroatoms. The molecule has 0 spiro atoms. The van der Waals surface area contributed by atoms with Crippen molar-refractivity contribution in [3.63, 3.8) is 0 Å². The van der Waals surface area contributed by atoms with Gasteiger partial charge in [-0.05, 0) is 25.8 Å². The van der Waals surface area contributed by atoms with Crippen molar-refractivity contribution in [1.82, 2.24) is 15.3 Å². The Balaban J connectivity index is 1.94. The Labute approximate surface area is 109 Å². The molecular formula is C14H22N4. The summed E-state index contributed by atoms with van der Waals surface area (Å²) in [5.74, 6) is 0.969. The quantitative estimate of drug-likeness (QED) is 0.563. The maximum atomic E-state index is 4.51. The molecule has 1 aromatic heterocycles. The summed E-state index contributed by atoms with van der Waals surface area (Å²) >= 11 is 0. The van der Waals surface area contributed by atoms with Crippen molar-refractivity contribution < 1.29 is 0 Å². The second-order valence-electron chi connectivity index (χ2n) is 4.71. The number of nitrogens with one attached hydrogen (secondary N) is 1. The Morgan fingerprint density at radius 3 is 2.83 bits per heavy atom. The third-order valence-electron chi connectivity index (χ3n) is 3.03. The Morgan fingerprint density at radius 2 is 2.28 bits per heavy atom. The SMILES string of the molecule is C=CCN(c1cnc(CNCCC)cn1)C1CC1. The van der Waals surface area contributed by atoms with E-state index in [0.29, 0.717) is 6.04 Å². The van der Waals surface area contributed by atoms with E-state index in [1.54, 1.807) is 0 Å². The van der Waals surface area contributed by atoms with Gasteiger partial charge in [-0.25, -0.2) is 4.98 Å². The van der Waals surface area contributed by atoms with Gasteiger partial charge in [-0.3, -0.25) is 4.98 Å². The summed E-state index contributed by atoms with van der Waals surface area (Å²) in [6.45, 7) is 8.63. The van der Waals surface area contributed by atoms with Gasteiger partial charge in [-0.1, -0.05) is 13.0 Å². The average Bonchev–Trinajstić information content (AvgIpc) is 3.22. The van der Waals surface area contributed by atoms with Crippen LogP contribution in [0.4, 0.5) is 5.82 Å². The predicted molar refractivity (Wildman–Crippen MR) is 74.6 cm³/mol. The molecular weight excluding hydrogens is 224 g/mol. The zero-order valence-corrected chi connectivity index (χ0v) is 11.1. The molecule has 1 aliphatic carbocycles. The molecule has 0 aliphatic heterocycles. The molecule has 0 atom stereocenters. The highest BCUT2D eigenvalue weighted by atomic mass is 15.2. The van der Waals surface area contributed by atoms with Crippen LogP contribution in [-0.2, 0) is 6.54 Å². The van der Waals surface area contributed by atoms with Crippen LogP contribution in [0.15, 0.2) is 25.0 Å². The van der Waals surface area contributed by atoms with Gasteiger partial charge in [-0.2, -0.15) is 0 Å². The molecule has 1 fully saturated rings. The Morgan fingerprint density at radius 1 is 1.44 bits per heavy atom. The van der Waals surface area contributed by atoms with E-state index in [1.807, 2.05) is 18.5 Å². The first-order valence-corrected chi connectivity index (χ1v) is 6.74. The molecule has 2 rings (SSSR count). The van der Waals surface area contributed by atoms with Crippen LogP contribution in [0.2, 0.25) is 0 Å². The van der Waals surface area contributed by atoms with Gasteiger partial charge in [0.1, 0.15) is 5.82 Å². The van der Waals surface area contributed by atoms with Crippen LogP contribution in [0.5, 0.6) is 0 Å². The fourth-order valence-electron chi connectivity index (χ4n) is 1.94. The van der Waals surface area contributed by atoms with E-state index < -0.39 is 0 Å². The summed E-state index contributed by atoms with van der Waals surface area (Å²) in [6.07, 6.45) is 9.34. The summed E-state index contributed by atoms with van der Waals surface area (Å²) in [6, 6.07) is 0.640. The van der Waals surface area contributed by atoms with Crippen molar-refractivity contribution in [3.05, 3.63) is 30.7 Å². The number of hydrogen-bond donors (Lipinski definition) is 1. The molecule has 98 valence electrons. The first-order valence-electron chi connectivity index (χ1n) is 6.74. The smallest absolute Gasteiger partial charge is 0.147 e. The Hall–Kier alpha value is -1.42. The Bertz CT molecular complexity index is 370. The van der Waals surface area contributed by atoms with Crippen LogP contribution >= 0.6 is 0 Å². The molecule has 1 aliphatic rings. The van der Waals surface area contributed by atoms with Crippen molar-refractivity contribution in [2.75, 3.05) is 18.0 Å². The summed E-state index contributed by atoms with van der Waals surface area (Å²) in [5.41, 5.74) is 1.00. The molecule has 0 aromatic carbocycles. The Kier molecular flexibility index (Phi) is 4.70. The second kappa shape index (κ2) is 6.50. The van der Waals surface area contributed by atoms with E-state index in [2.05, 4.69) is 33.7 Å². The third kappa shape index (κ3) is 3.53. The van der Waals surface area contributed by atoms with E-state index in [4.69, 9.17) is 0 Å². The number of rotatable bonds is 8. The number of aromatic nitrogens is 2. The molecule has 0 saturated heterocycles. The van der Waals surface area contributed by atoms with E-state index in [-0.39, 0.29) is 0 Å². The maximum absolute atomic E-state index is 4.51. The summed E-state index contributed by atoms with van der Waals surface area (Å²) in [5, 5.41) is 3.33. The number of anilines is 1. The lowest BCUT2D eigenvalue weighted by Crippen LogP contribution is -2.27. The molecule has 0 amide bonds. The minimum absolute atomic E-state index is 0.640. The topological polar surface area (TPSA) is 41.1 Å². The predicted octanol–water partition coefficient (Wildman–Crippen LogP) is 2.13. The monoisotopic (exact) mass is 246 g/mol. The maximum Gasteiger partial charge on any atom is 0.147 e. The fourth-order valence-corrected chi connectivity index (χ4v) is 1.94. The largest absolute Gasteiger partial charge is 0.349 e. The first kappa shape index (κ1) is 13.0. The van der Waals surface area contributed by atoms with Gasteiger partial charge >= 0.3 is 0 Å². The molecule has 18 heavy (non-hydrogen) atoms. The summed E-state index contributed by atoms with van der Waals surface area (Å²) in [4.78, 5) is 11.3. The lowest BCUT2D eigenvalue weighted by atomic mass is 10.4. The van der Waals surface area contributed by atoms with Gasteiger partial charge in [0.2, 0.25) is 0 Å². The van der Waals surface area contributed by atoms with Crippen LogP contribution in [0.3, 0.4) is 0 Å². The molecule has 0 radical (unpaired) electrons. The lowest BCUT2D eigenvalue weighted by molar-refractivity contribution is 0.661. The highest BCUT2D eigenvalue weighted by Gasteiger charge is 2.29. The minimum Gasteiger partial charge on any atom is -0.349 e. The standard InChI is InChI=1S/C14H22N4/c1-3-7-15-9-12-10-17-14(11-16-12)18(8-4-2)13-5-6-13/h4,10-11,13,15H,2-3,5-9H2,1H3. The third-order valence-corrected chi connectivity index (χ3v) is 3.03. The van der Waals surface area contributed by atoms with Gasteiger partial charge in [-0.15, -0.1) is 6.58 Å². The van der Waals surface area contributed by atoms with Gasteiger partial charge < -0.3 is 10.2 Å². The number of hydrogen-bond acceptors (Lipinski definition) is 4. The highest BCUT2D eigenvalue weighted by molar-refractivity contribution is 5.40. The van der Waals surface area contributed by atoms with E-state index >= 15 is 0 Å². The highest BCUT2D eigenvalue weighted by Crippen LogP contribution is 2.29. The van der Waals surface area contributed by atoms with Crippen LogP contribution in [0, 0.1) is 0 Å². The first-order chi connectivity index (χ1) is 8.85. The molecule has 1 aromatic rings. The van der Waals surface area contributed by atoms with Crippen LogP contribution in [0.25, 0.3) is 0 Å². The van der Waals surface area contributed by atoms with Gasteiger partial charge in [0, 0.05) is 19.1 Å². The van der Waals surface area contributed by atoms with Crippen molar-refractivity contribution in [2.24, 2.45) is 0 Å². The van der Waals surface area contributed by atoms with Gasteiger partial charge in [0.05, 0.1) is 18.1 Å². The van der Waals surface area contributed by atoms with Crippen molar-refractivity contribution in [3.8, 4) is 0 Å². The summed E-state index contributed by atoms with van der Waals surface area (Å²) in [7, 11) is 0. The van der Waals surface area contributed by atoms with E-state index in [0.717, 1.165) is 37.6 Å². The zero-order chi connectivity index (χ0) is 12.8. The van der Waals surface area contributed by atoms with Crippen LogP contribution in [0.1, 0.15) is 31.9 Å².